The van der Waals surface area contributed by atoms with Crippen LogP contribution in [-0.4, -0.2) is 29.6 Å². The molecule has 19 heavy (non-hydrogen) atoms. The van der Waals surface area contributed by atoms with Crippen molar-refractivity contribution < 1.29 is 14.3 Å². The maximum Gasteiger partial charge on any atom is 0.329 e. The monoisotopic (exact) mass is 263 g/mol. The maximum atomic E-state index is 11.8. The third kappa shape index (κ3) is 3.01. The van der Waals surface area contributed by atoms with Crippen LogP contribution in [0.15, 0.2) is 18.2 Å². The van der Waals surface area contributed by atoms with E-state index in [0.717, 1.165) is 5.69 Å². The predicted molar refractivity (Wildman–Crippen MR) is 69.7 cm³/mol. The fourth-order valence-corrected chi connectivity index (χ4v) is 1.89. The van der Waals surface area contributed by atoms with Gasteiger partial charge in [0.15, 0.2) is 0 Å². The number of urea groups is 1. The second-order valence-electron chi connectivity index (χ2n) is 5.29. The Labute approximate surface area is 111 Å². The lowest BCUT2D eigenvalue weighted by Gasteiger charge is -2.22. The number of esters is 1. The number of cyclic esters (lactones) is 1. The molecule has 1 aliphatic heterocycles. The molecule has 2 heterocycles. The first-order valence-corrected chi connectivity index (χ1v) is 6.06. The summed E-state index contributed by atoms with van der Waals surface area (Å²) >= 11 is 0. The Bertz CT molecular complexity index is 514. The number of amides is 2. The van der Waals surface area contributed by atoms with Crippen molar-refractivity contribution in [1.82, 2.24) is 10.3 Å². The minimum atomic E-state index is -0.641. The number of carbonyl (C=O) groups excluding carboxylic acids is 2. The molecule has 1 saturated heterocycles. The summed E-state index contributed by atoms with van der Waals surface area (Å²) in [5.41, 5.74) is 0.396. The molecule has 102 valence electrons. The summed E-state index contributed by atoms with van der Waals surface area (Å²) in [7, 11) is 0. The van der Waals surface area contributed by atoms with Gasteiger partial charge in [0.25, 0.3) is 0 Å². The summed E-state index contributed by atoms with van der Waals surface area (Å²) in [5, 5.41) is 5.22. The number of carbonyl (C=O) groups is 2. The number of aryl methyl sites for hydroxylation is 1. The van der Waals surface area contributed by atoms with Crippen molar-refractivity contribution in [3.05, 3.63) is 23.9 Å². The summed E-state index contributed by atoms with van der Waals surface area (Å²) in [6.07, 6.45) is 0. The number of pyridine rings is 1. The third-order valence-electron chi connectivity index (χ3n) is 3.01. The first kappa shape index (κ1) is 13.3. The second kappa shape index (κ2) is 4.87. The fraction of sp³-hybridized carbons (Fsp3) is 0.462. The average Bonchev–Trinajstić information content (AvgIpc) is 2.56. The molecule has 0 bridgehead atoms. The molecular weight excluding hydrogens is 246 g/mol. The summed E-state index contributed by atoms with van der Waals surface area (Å²) in [6, 6.07) is 4.21. The van der Waals surface area contributed by atoms with Crippen molar-refractivity contribution in [2.24, 2.45) is 5.41 Å². The summed E-state index contributed by atoms with van der Waals surface area (Å²) in [4.78, 5) is 27.5. The van der Waals surface area contributed by atoms with E-state index in [1.165, 1.54) is 0 Å². The van der Waals surface area contributed by atoms with E-state index in [0.29, 0.717) is 12.4 Å². The maximum absolute atomic E-state index is 11.8. The molecule has 1 atom stereocenters. The molecule has 0 aromatic carbocycles. The highest BCUT2D eigenvalue weighted by atomic mass is 16.5. The zero-order valence-corrected chi connectivity index (χ0v) is 11.2. The van der Waals surface area contributed by atoms with Gasteiger partial charge in [0.1, 0.15) is 11.9 Å². The zero-order valence-electron chi connectivity index (χ0n) is 11.2. The lowest BCUT2D eigenvalue weighted by molar-refractivity contribution is -0.139. The van der Waals surface area contributed by atoms with Gasteiger partial charge < -0.3 is 10.1 Å². The molecule has 2 rings (SSSR count). The Balaban J connectivity index is 2.00. The van der Waals surface area contributed by atoms with Crippen molar-refractivity contribution in [2.75, 3.05) is 11.9 Å². The average molecular weight is 263 g/mol. The molecular formula is C13H17N3O3. The van der Waals surface area contributed by atoms with E-state index in [-0.39, 0.29) is 0 Å². The molecule has 0 saturated carbocycles. The Hall–Kier alpha value is -2.11. The minimum absolute atomic E-state index is 0.305. The van der Waals surface area contributed by atoms with Gasteiger partial charge in [0, 0.05) is 11.1 Å². The molecule has 1 aliphatic rings. The number of nitrogens with zero attached hydrogens (tertiary/aromatic N) is 1. The van der Waals surface area contributed by atoms with E-state index in [2.05, 4.69) is 15.6 Å². The van der Waals surface area contributed by atoms with Crippen LogP contribution in [0.2, 0.25) is 0 Å². The minimum Gasteiger partial charge on any atom is -0.463 e. The molecule has 0 radical (unpaired) electrons. The SMILES string of the molecule is Cc1cccc(NC(=O)NC2C(=O)OCC2(C)C)n1. The predicted octanol–water partition coefficient (Wildman–Crippen LogP) is 1.46. The van der Waals surface area contributed by atoms with Crippen LogP contribution in [0.5, 0.6) is 0 Å². The van der Waals surface area contributed by atoms with E-state index < -0.39 is 23.5 Å². The van der Waals surface area contributed by atoms with Crippen molar-refractivity contribution in [1.29, 1.82) is 0 Å². The van der Waals surface area contributed by atoms with E-state index in [1.54, 1.807) is 12.1 Å². The molecule has 2 amide bonds. The third-order valence-corrected chi connectivity index (χ3v) is 3.01. The van der Waals surface area contributed by atoms with Crippen LogP contribution in [-0.2, 0) is 9.53 Å². The first-order chi connectivity index (χ1) is 8.88. The van der Waals surface area contributed by atoms with Crippen molar-refractivity contribution in [3.63, 3.8) is 0 Å². The van der Waals surface area contributed by atoms with E-state index in [9.17, 15) is 9.59 Å². The molecule has 0 spiro atoms. The summed E-state index contributed by atoms with van der Waals surface area (Å²) in [6.45, 7) is 5.88. The lowest BCUT2D eigenvalue weighted by atomic mass is 9.88. The quantitative estimate of drug-likeness (QED) is 0.792. The van der Waals surface area contributed by atoms with Gasteiger partial charge in [0.2, 0.25) is 0 Å². The van der Waals surface area contributed by atoms with Gasteiger partial charge in [-0.05, 0) is 19.1 Å². The molecule has 0 aliphatic carbocycles. The highest BCUT2D eigenvalue weighted by Gasteiger charge is 2.44. The van der Waals surface area contributed by atoms with Gasteiger partial charge in [-0.3, -0.25) is 5.32 Å². The highest BCUT2D eigenvalue weighted by Crippen LogP contribution is 2.28. The van der Waals surface area contributed by atoms with E-state index in [4.69, 9.17) is 4.74 Å². The molecule has 1 fully saturated rings. The molecule has 2 N–H and O–H groups in total. The van der Waals surface area contributed by atoms with Gasteiger partial charge in [-0.2, -0.15) is 0 Å². The summed E-state index contributed by atoms with van der Waals surface area (Å²) in [5.74, 6) is 0.0408. The van der Waals surface area contributed by atoms with Crippen LogP contribution in [0, 0.1) is 12.3 Å². The van der Waals surface area contributed by atoms with Crippen LogP contribution in [0.4, 0.5) is 10.6 Å². The van der Waals surface area contributed by atoms with Gasteiger partial charge in [-0.25, -0.2) is 14.6 Å². The Morgan fingerprint density at radius 1 is 1.47 bits per heavy atom. The van der Waals surface area contributed by atoms with Gasteiger partial charge in [0.05, 0.1) is 6.61 Å². The Kier molecular flexibility index (Phi) is 3.42. The fourth-order valence-electron chi connectivity index (χ4n) is 1.89. The number of aromatic nitrogens is 1. The van der Waals surface area contributed by atoms with Gasteiger partial charge in [-0.15, -0.1) is 0 Å². The van der Waals surface area contributed by atoms with E-state index >= 15 is 0 Å². The molecule has 6 nitrogen and oxygen atoms in total. The normalized spacial score (nSPS) is 20.8. The number of anilines is 1. The van der Waals surface area contributed by atoms with E-state index in [1.807, 2.05) is 26.8 Å². The van der Waals surface area contributed by atoms with Crippen molar-refractivity contribution in [2.45, 2.75) is 26.8 Å². The Morgan fingerprint density at radius 2 is 2.21 bits per heavy atom. The van der Waals surface area contributed by atoms with Crippen molar-refractivity contribution in [3.8, 4) is 0 Å². The molecule has 1 aromatic rings. The number of nitrogens with one attached hydrogen (secondary N) is 2. The second-order valence-corrected chi connectivity index (χ2v) is 5.29. The van der Waals surface area contributed by atoms with Crippen LogP contribution >= 0.6 is 0 Å². The van der Waals surface area contributed by atoms with Crippen LogP contribution < -0.4 is 10.6 Å². The first-order valence-electron chi connectivity index (χ1n) is 6.06. The topological polar surface area (TPSA) is 80.3 Å². The standard InChI is InChI=1S/C13H17N3O3/c1-8-5-4-6-9(14-8)15-12(18)16-10-11(17)19-7-13(10,2)3/h4-6,10H,7H2,1-3H3,(H2,14,15,16,18). The molecule has 1 unspecified atom stereocenters. The highest BCUT2D eigenvalue weighted by molar-refractivity contribution is 5.92. The Morgan fingerprint density at radius 3 is 2.79 bits per heavy atom. The van der Waals surface area contributed by atoms with Crippen LogP contribution in [0.3, 0.4) is 0 Å². The number of ether oxygens (including phenoxy) is 1. The van der Waals surface area contributed by atoms with Crippen LogP contribution in [0.25, 0.3) is 0 Å². The lowest BCUT2D eigenvalue weighted by Crippen LogP contribution is -2.48. The number of hydrogen-bond acceptors (Lipinski definition) is 4. The van der Waals surface area contributed by atoms with Gasteiger partial charge in [-0.1, -0.05) is 19.9 Å². The smallest absolute Gasteiger partial charge is 0.329 e. The summed E-state index contributed by atoms with van der Waals surface area (Å²) < 4.78 is 4.95. The zero-order chi connectivity index (χ0) is 14.0. The molecule has 6 heteroatoms. The number of rotatable bonds is 2. The van der Waals surface area contributed by atoms with Crippen LogP contribution in [0.1, 0.15) is 19.5 Å². The largest absolute Gasteiger partial charge is 0.463 e. The van der Waals surface area contributed by atoms with Crippen molar-refractivity contribution >= 4 is 17.8 Å². The molecule has 1 aromatic heterocycles. The number of hydrogen-bond donors (Lipinski definition) is 2. The van der Waals surface area contributed by atoms with Gasteiger partial charge >= 0.3 is 12.0 Å².